The molecule has 0 spiro atoms. The molecule has 1 aromatic carbocycles. The van der Waals surface area contributed by atoms with E-state index >= 15 is 0 Å². The van der Waals surface area contributed by atoms with Crippen LogP contribution in [0.3, 0.4) is 0 Å². The molecule has 23 heavy (non-hydrogen) atoms. The van der Waals surface area contributed by atoms with Gasteiger partial charge >= 0.3 is 0 Å². The van der Waals surface area contributed by atoms with E-state index in [4.69, 9.17) is 9.47 Å². The van der Waals surface area contributed by atoms with Gasteiger partial charge in [0.05, 0.1) is 34.4 Å². The number of nitrogens with zero attached hydrogens (tertiary/aromatic N) is 1. The van der Waals surface area contributed by atoms with Crippen LogP contribution in [-0.2, 0) is 4.74 Å². The predicted molar refractivity (Wildman–Crippen MR) is 91.3 cm³/mol. The molecule has 0 aliphatic heterocycles. The summed E-state index contributed by atoms with van der Waals surface area (Å²) < 4.78 is 10.6. The second-order valence-electron chi connectivity index (χ2n) is 5.53. The highest BCUT2D eigenvalue weighted by Crippen LogP contribution is 2.11. The van der Waals surface area contributed by atoms with Crippen LogP contribution in [0.15, 0.2) is 29.3 Å². The summed E-state index contributed by atoms with van der Waals surface area (Å²) in [5.41, 5.74) is 0.538. The van der Waals surface area contributed by atoms with Gasteiger partial charge in [-0.15, -0.1) is 0 Å². The number of hydrogen-bond donors (Lipinski definition) is 2. The van der Waals surface area contributed by atoms with Crippen molar-refractivity contribution in [2.75, 3.05) is 40.9 Å². The normalized spacial score (nSPS) is 11.4. The summed E-state index contributed by atoms with van der Waals surface area (Å²) in [6, 6.07) is 7.21. The highest BCUT2D eigenvalue weighted by atomic mass is 16.5. The van der Waals surface area contributed by atoms with Gasteiger partial charge in [0.15, 0.2) is 0 Å². The first kappa shape index (κ1) is 19.0. The molecule has 0 radical (unpaired) electrons. The second kappa shape index (κ2) is 10.6. The molecule has 128 valence electrons. The third-order valence-corrected chi connectivity index (χ3v) is 3.11. The molecule has 6 nitrogen and oxygen atoms in total. The van der Waals surface area contributed by atoms with Crippen molar-refractivity contribution < 1.29 is 19.2 Å². The van der Waals surface area contributed by atoms with Crippen LogP contribution in [0.4, 0.5) is 0 Å². The summed E-state index contributed by atoms with van der Waals surface area (Å²) in [6.45, 7) is 4.20. The van der Waals surface area contributed by atoms with E-state index in [9.17, 15) is 4.79 Å². The van der Waals surface area contributed by atoms with Crippen molar-refractivity contribution in [3.8, 4) is 5.75 Å². The fourth-order valence-electron chi connectivity index (χ4n) is 1.84. The third-order valence-electron chi connectivity index (χ3n) is 3.11. The van der Waals surface area contributed by atoms with Crippen molar-refractivity contribution in [3.05, 3.63) is 29.8 Å². The van der Waals surface area contributed by atoms with Gasteiger partial charge in [0.2, 0.25) is 0 Å². The lowest BCUT2D eigenvalue weighted by molar-refractivity contribution is -0.858. The van der Waals surface area contributed by atoms with Gasteiger partial charge in [0.25, 0.3) is 11.9 Å². The van der Waals surface area contributed by atoms with E-state index in [1.54, 1.807) is 31.4 Å². The number of nitrogens with one attached hydrogen (secondary N) is 2. The summed E-state index contributed by atoms with van der Waals surface area (Å²) in [5.74, 6) is 0.476. The summed E-state index contributed by atoms with van der Waals surface area (Å²) in [7, 11) is 5.79. The highest BCUT2D eigenvalue weighted by molar-refractivity contribution is 6.04. The largest absolute Gasteiger partial charge is 0.497 e. The molecule has 0 unspecified atom stereocenters. The number of amidine groups is 1. The topological polar surface area (TPSA) is 64.4 Å². The van der Waals surface area contributed by atoms with E-state index in [2.05, 4.69) is 24.4 Å². The van der Waals surface area contributed by atoms with E-state index < -0.39 is 0 Å². The molecule has 0 bridgehead atoms. The maximum absolute atomic E-state index is 12.2. The Labute approximate surface area is 138 Å². The summed E-state index contributed by atoms with van der Waals surface area (Å²) in [4.78, 5) is 18.0. The standard InChI is InChI=1S/C17H27N3O3/c1-5-13-23-17(18-11-6-12-20(2)3)19-16(21)14-7-9-15(22-4)10-8-14/h7-10H,5-6,11-13H2,1-4H3,(H,18,19,21)/p+1. The smallest absolute Gasteiger partial charge is 0.291 e. The molecular weight excluding hydrogens is 294 g/mol. The monoisotopic (exact) mass is 322 g/mol. The maximum atomic E-state index is 12.2. The Balaban J connectivity index is 2.62. The van der Waals surface area contributed by atoms with Crippen molar-refractivity contribution in [3.63, 3.8) is 0 Å². The minimum Gasteiger partial charge on any atom is -0.497 e. The summed E-state index contributed by atoms with van der Waals surface area (Å²) >= 11 is 0. The van der Waals surface area contributed by atoms with E-state index in [1.807, 2.05) is 6.92 Å². The molecule has 0 atom stereocenters. The zero-order valence-electron chi connectivity index (χ0n) is 14.5. The Morgan fingerprint density at radius 2 is 1.96 bits per heavy atom. The van der Waals surface area contributed by atoms with Crippen LogP contribution in [0, 0.1) is 0 Å². The fourth-order valence-corrected chi connectivity index (χ4v) is 1.84. The molecule has 6 heteroatoms. The van der Waals surface area contributed by atoms with Crippen LogP contribution >= 0.6 is 0 Å². The van der Waals surface area contributed by atoms with Crippen molar-refractivity contribution in [1.82, 2.24) is 5.32 Å². The number of amides is 1. The van der Waals surface area contributed by atoms with E-state index in [-0.39, 0.29) is 5.91 Å². The molecule has 0 saturated carbocycles. The fraction of sp³-hybridized carbons (Fsp3) is 0.529. The third kappa shape index (κ3) is 7.65. The van der Waals surface area contributed by atoms with Gasteiger partial charge in [-0.05, 0) is 30.7 Å². The number of hydrogen-bond acceptors (Lipinski definition) is 4. The van der Waals surface area contributed by atoms with Crippen molar-refractivity contribution in [1.29, 1.82) is 0 Å². The number of carbonyl (C=O) groups excluding carboxylic acids is 1. The molecule has 0 aromatic heterocycles. The lowest BCUT2D eigenvalue weighted by Crippen LogP contribution is -3.05. The van der Waals surface area contributed by atoms with Crippen molar-refractivity contribution in [2.45, 2.75) is 19.8 Å². The minimum absolute atomic E-state index is 0.235. The number of benzene rings is 1. The Kier molecular flexibility index (Phi) is 8.75. The van der Waals surface area contributed by atoms with E-state index in [0.29, 0.717) is 30.5 Å². The molecule has 0 aliphatic carbocycles. The average molecular weight is 322 g/mol. The number of ether oxygens (including phenoxy) is 2. The van der Waals surface area contributed by atoms with Gasteiger partial charge in [-0.1, -0.05) is 6.92 Å². The van der Waals surface area contributed by atoms with Crippen LogP contribution in [0.5, 0.6) is 5.75 Å². The van der Waals surface area contributed by atoms with Crippen LogP contribution in [0.1, 0.15) is 30.1 Å². The zero-order valence-corrected chi connectivity index (χ0v) is 14.5. The number of aliphatic imine (C=N–C) groups is 1. The maximum Gasteiger partial charge on any atom is 0.291 e. The Morgan fingerprint density at radius 3 is 2.52 bits per heavy atom. The molecule has 0 saturated heterocycles. The van der Waals surface area contributed by atoms with Gasteiger partial charge in [0, 0.05) is 18.5 Å². The SMILES string of the molecule is CCCOC(=NCCC[NH+](C)C)NC(=O)c1ccc(OC)cc1. The van der Waals surface area contributed by atoms with Gasteiger partial charge in [-0.25, -0.2) is 4.99 Å². The first-order valence-corrected chi connectivity index (χ1v) is 7.98. The number of methoxy groups -OCH3 is 1. The van der Waals surface area contributed by atoms with Crippen molar-refractivity contribution >= 4 is 11.9 Å². The Morgan fingerprint density at radius 1 is 1.26 bits per heavy atom. The molecule has 1 amide bonds. The van der Waals surface area contributed by atoms with Crippen LogP contribution in [0.2, 0.25) is 0 Å². The quantitative estimate of drug-likeness (QED) is 0.422. The molecular formula is C17H28N3O3+. The first-order chi connectivity index (χ1) is 11.1. The van der Waals surface area contributed by atoms with Crippen molar-refractivity contribution in [2.24, 2.45) is 4.99 Å². The average Bonchev–Trinajstić information content (AvgIpc) is 2.56. The minimum atomic E-state index is -0.235. The molecule has 0 heterocycles. The summed E-state index contributed by atoms with van der Waals surface area (Å²) in [5, 5.41) is 2.73. The van der Waals surface area contributed by atoms with E-state index in [0.717, 1.165) is 19.4 Å². The number of carbonyl (C=O) groups is 1. The predicted octanol–water partition coefficient (Wildman–Crippen LogP) is 0.742. The lowest BCUT2D eigenvalue weighted by atomic mass is 10.2. The molecule has 1 aromatic rings. The van der Waals surface area contributed by atoms with E-state index in [1.165, 1.54) is 4.90 Å². The summed E-state index contributed by atoms with van der Waals surface area (Å²) in [6.07, 6.45) is 1.80. The molecule has 0 fully saturated rings. The Hall–Kier alpha value is -2.08. The number of rotatable bonds is 8. The first-order valence-electron chi connectivity index (χ1n) is 7.98. The lowest BCUT2D eigenvalue weighted by Gasteiger charge is -2.11. The van der Waals surface area contributed by atoms with Gasteiger partial charge < -0.3 is 14.4 Å². The van der Waals surface area contributed by atoms with Crippen LogP contribution in [-0.4, -0.2) is 52.8 Å². The van der Waals surface area contributed by atoms with Gasteiger partial charge in [-0.3, -0.25) is 10.1 Å². The van der Waals surface area contributed by atoms with Gasteiger partial charge in [-0.2, -0.15) is 0 Å². The zero-order chi connectivity index (χ0) is 17.1. The van der Waals surface area contributed by atoms with Crippen LogP contribution in [0.25, 0.3) is 0 Å². The molecule has 0 aliphatic rings. The van der Waals surface area contributed by atoms with Gasteiger partial charge in [0.1, 0.15) is 5.75 Å². The molecule has 2 N–H and O–H groups in total. The number of quaternary nitrogens is 1. The molecule has 1 rings (SSSR count). The highest BCUT2D eigenvalue weighted by Gasteiger charge is 2.10. The second-order valence-corrected chi connectivity index (χ2v) is 5.53. The van der Waals surface area contributed by atoms with Crippen LogP contribution < -0.4 is 15.0 Å². The Bertz CT molecular complexity index is 498.